The second kappa shape index (κ2) is 8.02. The molecule has 7 heteroatoms. The van der Waals surface area contributed by atoms with Crippen molar-refractivity contribution in [2.75, 3.05) is 4.90 Å². The van der Waals surface area contributed by atoms with Gasteiger partial charge in [-0.3, -0.25) is 9.69 Å². The van der Waals surface area contributed by atoms with Crippen LogP contribution in [0.25, 0.3) is 0 Å². The van der Waals surface area contributed by atoms with Gasteiger partial charge < -0.3 is 5.73 Å². The number of rotatable bonds is 3. The second-order valence-electron chi connectivity index (χ2n) is 8.77. The van der Waals surface area contributed by atoms with Crippen LogP contribution in [-0.4, -0.2) is 5.78 Å². The lowest BCUT2D eigenvalue weighted by molar-refractivity contribution is -0.118. The lowest BCUT2D eigenvalue weighted by Gasteiger charge is -2.43. The molecule has 0 fully saturated rings. The van der Waals surface area contributed by atoms with E-state index in [4.69, 9.17) is 28.9 Å². The van der Waals surface area contributed by atoms with Crippen LogP contribution in [0, 0.1) is 16.7 Å². The van der Waals surface area contributed by atoms with E-state index in [1.165, 1.54) is 4.88 Å². The van der Waals surface area contributed by atoms with Gasteiger partial charge in [0.25, 0.3) is 0 Å². The number of allylic oxidation sites excluding steroid dienone is 3. The number of anilines is 1. The lowest BCUT2D eigenvalue weighted by Crippen LogP contribution is -2.42. The Morgan fingerprint density at radius 3 is 2.48 bits per heavy atom. The van der Waals surface area contributed by atoms with Gasteiger partial charge in [0.2, 0.25) is 0 Å². The molecule has 0 radical (unpaired) electrons. The SMILES string of the molecule is CCc1ccc(C2C(C#N)=C(N)N(c3cc(Cl)cc(Cl)c3)C3=C2C(=O)CC(C)(C)C3)s1. The van der Waals surface area contributed by atoms with Gasteiger partial charge >= 0.3 is 0 Å². The van der Waals surface area contributed by atoms with Crippen LogP contribution in [0.1, 0.15) is 49.3 Å². The second-order valence-corrected chi connectivity index (χ2v) is 10.8. The fourth-order valence-corrected chi connectivity index (χ4v) is 6.08. The van der Waals surface area contributed by atoms with E-state index in [-0.39, 0.29) is 11.2 Å². The van der Waals surface area contributed by atoms with Crippen LogP contribution in [-0.2, 0) is 11.2 Å². The predicted octanol–water partition coefficient (Wildman–Crippen LogP) is 6.56. The number of nitriles is 1. The standard InChI is InChI=1S/C24H23Cl2N3OS/c1-4-16-5-6-20(31-16)21-17(12-27)23(28)29(15-8-13(25)7-14(26)9-15)18-10-24(2,3)11-19(30)22(18)21/h5-9,21H,4,10-11,28H2,1-3H3. The van der Waals surface area contributed by atoms with E-state index in [0.29, 0.717) is 45.5 Å². The third-order valence-corrected chi connectivity index (χ3v) is 7.53. The van der Waals surface area contributed by atoms with E-state index in [9.17, 15) is 10.1 Å². The Labute approximate surface area is 196 Å². The number of hydrogen-bond donors (Lipinski definition) is 1. The van der Waals surface area contributed by atoms with Gasteiger partial charge in [0.15, 0.2) is 5.78 Å². The van der Waals surface area contributed by atoms with Crippen LogP contribution in [0.2, 0.25) is 10.0 Å². The summed E-state index contributed by atoms with van der Waals surface area (Å²) in [5.41, 5.74) is 8.92. The van der Waals surface area contributed by atoms with Crippen LogP contribution in [0.15, 0.2) is 53.0 Å². The van der Waals surface area contributed by atoms with E-state index in [2.05, 4.69) is 32.9 Å². The molecule has 0 bridgehead atoms. The number of benzene rings is 1. The molecule has 1 aliphatic carbocycles. The van der Waals surface area contributed by atoms with Crippen molar-refractivity contribution in [3.63, 3.8) is 0 Å². The molecular weight excluding hydrogens is 449 g/mol. The Kier molecular flexibility index (Phi) is 5.68. The number of carbonyl (C=O) groups excluding carboxylic acids is 1. The van der Waals surface area contributed by atoms with Gasteiger partial charge in [-0.2, -0.15) is 5.26 Å². The van der Waals surface area contributed by atoms with Crippen molar-refractivity contribution < 1.29 is 4.79 Å². The molecule has 4 rings (SSSR count). The third kappa shape index (κ3) is 3.89. The average molecular weight is 472 g/mol. The van der Waals surface area contributed by atoms with Gasteiger partial charge in [-0.25, -0.2) is 0 Å². The van der Waals surface area contributed by atoms with Crippen molar-refractivity contribution in [1.29, 1.82) is 5.26 Å². The maximum atomic E-state index is 13.5. The van der Waals surface area contributed by atoms with Crippen LogP contribution in [0.3, 0.4) is 0 Å². The molecule has 0 saturated carbocycles. The molecule has 31 heavy (non-hydrogen) atoms. The number of nitrogens with zero attached hydrogens (tertiary/aromatic N) is 2. The zero-order chi connectivity index (χ0) is 22.5. The first-order valence-electron chi connectivity index (χ1n) is 10.2. The minimum atomic E-state index is -0.445. The molecule has 2 heterocycles. The van der Waals surface area contributed by atoms with Crippen LogP contribution >= 0.6 is 34.5 Å². The maximum Gasteiger partial charge on any atom is 0.162 e. The van der Waals surface area contributed by atoms with Crippen molar-refractivity contribution in [1.82, 2.24) is 0 Å². The summed E-state index contributed by atoms with van der Waals surface area (Å²) in [5, 5.41) is 11.0. The first kappa shape index (κ1) is 22.0. The van der Waals surface area contributed by atoms with Crippen molar-refractivity contribution in [2.24, 2.45) is 11.1 Å². The highest BCUT2D eigenvalue weighted by molar-refractivity contribution is 7.12. The summed E-state index contributed by atoms with van der Waals surface area (Å²) in [4.78, 5) is 17.5. The van der Waals surface area contributed by atoms with Gasteiger partial charge in [0.05, 0.1) is 23.2 Å². The summed E-state index contributed by atoms with van der Waals surface area (Å²) in [6, 6.07) is 11.5. The molecule has 1 aliphatic heterocycles. The molecule has 2 aromatic rings. The van der Waals surface area contributed by atoms with Crippen molar-refractivity contribution in [2.45, 2.75) is 46.0 Å². The Bertz CT molecular complexity index is 1170. The molecule has 4 nitrogen and oxygen atoms in total. The van der Waals surface area contributed by atoms with Gasteiger partial charge in [-0.15, -0.1) is 11.3 Å². The van der Waals surface area contributed by atoms with E-state index in [0.717, 1.165) is 17.0 Å². The highest BCUT2D eigenvalue weighted by Crippen LogP contribution is 2.51. The van der Waals surface area contributed by atoms with E-state index in [1.807, 2.05) is 6.07 Å². The smallest absolute Gasteiger partial charge is 0.162 e. The minimum absolute atomic E-state index is 0.0565. The molecular formula is C24H23Cl2N3OS. The average Bonchev–Trinajstić information content (AvgIpc) is 3.14. The summed E-state index contributed by atoms with van der Waals surface area (Å²) >= 11 is 14.2. The first-order valence-corrected chi connectivity index (χ1v) is 11.7. The third-order valence-electron chi connectivity index (χ3n) is 5.80. The number of aryl methyl sites for hydroxylation is 1. The maximum absolute atomic E-state index is 13.5. The van der Waals surface area contributed by atoms with Crippen LogP contribution < -0.4 is 10.6 Å². The normalized spacial score (nSPS) is 20.7. The molecule has 1 atom stereocenters. The highest BCUT2D eigenvalue weighted by atomic mass is 35.5. The van der Waals surface area contributed by atoms with Crippen molar-refractivity contribution in [3.05, 3.63) is 72.8 Å². The van der Waals surface area contributed by atoms with Crippen molar-refractivity contribution in [3.8, 4) is 6.07 Å². The summed E-state index contributed by atoms with van der Waals surface area (Å²) in [6.07, 6.45) is 1.98. The van der Waals surface area contributed by atoms with E-state index in [1.54, 1.807) is 34.4 Å². The lowest BCUT2D eigenvalue weighted by atomic mass is 9.69. The zero-order valence-corrected chi connectivity index (χ0v) is 20.0. The number of halogens is 2. The molecule has 2 N–H and O–H groups in total. The molecule has 0 spiro atoms. The fourth-order valence-electron chi connectivity index (χ4n) is 4.50. The number of nitrogens with two attached hydrogens (primary N) is 1. The summed E-state index contributed by atoms with van der Waals surface area (Å²) < 4.78 is 0. The van der Waals surface area contributed by atoms with Gasteiger partial charge in [0.1, 0.15) is 5.82 Å². The molecule has 1 aromatic heterocycles. The minimum Gasteiger partial charge on any atom is -0.384 e. The van der Waals surface area contributed by atoms with Gasteiger partial charge in [0, 0.05) is 37.5 Å². The fraction of sp³-hybridized carbons (Fsp3) is 0.333. The summed E-state index contributed by atoms with van der Waals surface area (Å²) in [5.74, 6) is -0.0672. The number of Topliss-reactive ketones (excluding diaryl/α,β-unsaturated/α-hetero) is 1. The Morgan fingerprint density at radius 2 is 1.90 bits per heavy atom. The Morgan fingerprint density at radius 1 is 1.23 bits per heavy atom. The van der Waals surface area contributed by atoms with Crippen LogP contribution in [0.5, 0.6) is 0 Å². The molecule has 0 amide bonds. The number of thiophene rings is 1. The highest BCUT2D eigenvalue weighted by Gasteiger charge is 2.45. The predicted molar refractivity (Wildman–Crippen MR) is 127 cm³/mol. The zero-order valence-electron chi connectivity index (χ0n) is 17.6. The Balaban J connectivity index is 2.00. The van der Waals surface area contributed by atoms with Crippen LogP contribution in [0.4, 0.5) is 5.69 Å². The quantitative estimate of drug-likeness (QED) is 0.549. The largest absolute Gasteiger partial charge is 0.384 e. The monoisotopic (exact) mass is 471 g/mol. The van der Waals surface area contributed by atoms with Gasteiger partial charge in [-0.1, -0.05) is 44.0 Å². The first-order chi connectivity index (χ1) is 14.6. The van der Waals surface area contributed by atoms with E-state index >= 15 is 0 Å². The molecule has 2 aliphatic rings. The number of carbonyl (C=O) groups is 1. The number of hydrogen-bond acceptors (Lipinski definition) is 5. The van der Waals surface area contributed by atoms with Crippen molar-refractivity contribution >= 4 is 46.0 Å². The summed E-state index contributed by atoms with van der Waals surface area (Å²) in [6.45, 7) is 6.25. The molecule has 1 aromatic carbocycles. The number of ketones is 1. The summed E-state index contributed by atoms with van der Waals surface area (Å²) in [7, 11) is 0. The molecule has 0 saturated heterocycles. The topological polar surface area (TPSA) is 70.1 Å². The van der Waals surface area contributed by atoms with E-state index < -0.39 is 5.92 Å². The van der Waals surface area contributed by atoms with Gasteiger partial charge in [-0.05, 0) is 48.6 Å². The Hall–Kier alpha value is -2.26. The molecule has 1 unspecified atom stereocenters. The molecule has 160 valence electrons.